The van der Waals surface area contributed by atoms with Crippen molar-refractivity contribution in [3.05, 3.63) is 64.7 Å². The van der Waals surface area contributed by atoms with Crippen LogP contribution in [0.1, 0.15) is 55.4 Å². The van der Waals surface area contributed by atoms with E-state index in [0.29, 0.717) is 19.5 Å². The topological polar surface area (TPSA) is 58.6 Å². The highest BCUT2D eigenvalue weighted by Crippen LogP contribution is 2.18. The maximum Gasteiger partial charge on any atom is 0.242 e. The van der Waals surface area contributed by atoms with Crippen LogP contribution in [0.4, 0.5) is 0 Å². The number of hydrogen-bond donors (Lipinski definition) is 1. The average molecular weight is 425 g/mol. The van der Waals surface area contributed by atoms with Crippen molar-refractivity contribution in [1.82, 2.24) is 10.2 Å². The van der Waals surface area contributed by atoms with Gasteiger partial charge in [0.25, 0.3) is 0 Å². The molecule has 0 bridgehead atoms. The molecule has 0 aliphatic rings. The molecule has 0 aromatic heterocycles. The summed E-state index contributed by atoms with van der Waals surface area (Å²) in [7, 11) is 1.63. The van der Waals surface area contributed by atoms with E-state index in [-0.39, 0.29) is 18.2 Å². The van der Waals surface area contributed by atoms with Gasteiger partial charge in [-0.05, 0) is 61.1 Å². The SMILES string of the molecule is CCCCNC(=O)[C@H](CC)N(Cc1ccc(OC)cc1)C(=O)Cc1ccc(C)c(C)c1. The third-order valence-corrected chi connectivity index (χ3v) is 5.65. The lowest BCUT2D eigenvalue weighted by Gasteiger charge is -2.31. The van der Waals surface area contributed by atoms with Gasteiger partial charge in [0.05, 0.1) is 13.5 Å². The Morgan fingerprint density at radius 1 is 1.00 bits per heavy atom. The molecule has 1 atom stereocenters. The van der Waals surface area contributed by atoms with Gasteiger partial charge in [-0.1, -0.05) is 50.6 Å². The van der Waals surface area contributed by atoms with Crippen LogP contribution in [0.5, 0.6) is 5.75 Å². The van der Waals surface area contributed by atoms with Crippen molar-refractivity contribution in [3.63, 3.8) is 0 Å². The van der Waals surface area contributed by atoms with Crippen LogP contribution in [0.25, 0.3) is 0 Å². The van der Waals surface area contributed by atoms with E-state index in [2.05, 4.69) is 32.2 Å². The summed E-state index contributed by atoms with van der Waals surface area (Å²) < 4.78 is 5.24. The second kappa shape index (κ2) is 12.1. The van der Waals surface area contributed by atoms with Crippen molar-refractivity contribution >= 4 is 11.8 Å². The van der Waals surface area contributed by atoms with Crippen LogP contribution in [0.15, 0.2) is 42.5 Å². The molecule has 0 heterocycles. The molecule has 2 rings (SSSR count). The predicted molar refractivity (Wildman–Crippen MR) is 125 cm³/mol. The fourth-order valence-corrected chi connectivity index (χ4v) is 3.54. The Balaban J connectivity index is 2.26. The Morgan fingerprint density at radius 2 is 1.68 bits per heavy atom. The number of unbranched alkanes of at least 4 members (excludes halogenated alkanes) is 1. The van der Waals surface area contributed by atoms with E-state index in [0.717, 1.165) is 35.3 Å². The number of amides is 2. The first kappa shape index (κ1) is 24.4. The molecule has 0 fully saturated rings. The minimum atomic E-state index is -0.502. The molecule has 2 amide bonds. The Morgan fingerprint density at radius 3 is 2.26 bits per heavy atom. The van der Waals surface area contributed by atoms with Crippen molar-refractivity contribution < 1.29 is 14.3 Å². The maximum atomic E-state index is 13.4. The first-order valence-electron chi connectivity index (χ1n) is 11.2. The van der Waals surface area contributed by atoms with Gasteiger partial charge < -0.3 is 15.0 Å². The van der Waals surface area contributed by atoms with Gasteiger partial charge in [-0.3, -0.25) is 9.59 Å². The van der Waals surface area contributed by atoms with Gasteiger partial charge >= 0.3 is 0 Å². The fourth-order valence-electron chi connectivity index (χ4n) is 3.54. The summed E-state index contributed by atoms with van der Waals surface area (Å²) in [5, 5.41) is 3.00. The zero-order chi connectivity index (χ0) is 22.8. The first-order chi connectivity index (χ1) is 14.9. The molecule has 0 saturated carbocycles. The van der Waals surface area contributed by atoms with Crippen molar-refractivity contribution in [1.29, 1.82) is 0 Å². The summed E-state index contributed by atoms with van der Waals surface area (Å²) in [6.07, 6.45) is 2.78. The molecular formula is C26H36N2O3. The van der Waals surface area contributed by atoms with Crippen LogP contribution in [0.3, 0.4) is 0 Å². The number of hydrogen-bond acceptors (Lipinski definition) is 3. The van der Waals surface area contributed by atoms with Gasteiger partial charge in [0.2, 0.25) is 11.8 Å². The second-order valence-corrected chi connectivity index (χ2v) is 8.03. The van der Waals surface area contributed by atoms with Gasteiger partial charge in [0.1, 0.15) is 11.8 Å². The molecule has 5 heteroatoms. The molecule has 1 N–H and O–H groups in total. The minimum absolute atomic E-state index is 0.0448. The van der Waals surface area contributed by atoms with Gasteiger partial charge in [-0.15, -0.1) is 0 Å². The molecule has 0 saturated heterocycles. The molecule has 0 aliphatic carbocycles. The van der Waals surface area contributed by atoms with Crippen LogP contribution in [0, 0.1) is 13.8 Å². The number of nitrogens with one attached hydrogen (secondary N) is 1. The number of carbonyl (C=O) groups is 2. The smallest absolute Gasteiger partial charge is 0.242 e. The molecule has 0 aliphatic heterocycles. The number of rotatable bonds is 11. The summed E-state index contributed by atoms with van der Waals surface area (Å²) >= 11 is 0. The van der Waals surface area contributed by atoms with Gasteiger partial charge in [-0.25, -0.2) is 0 Å². The van der Waals surface area contributed by atoms with Crippen molar-refractivity contribution in [2.24, 2.45) is 0 Å². The third-order valence-electron chi connectivity index (χ3n) is 5.65. The van der Waals surface area contributed by atoms with E-state index < -0.39 is 6.04 Å². The predicted octanol–water partition coefficient (Wildman–Crippen LogP) is 4.58. The largest absolute Gasteiger partial charge is 0.497 e. The van der Waals surface area contributed by atoms with Crippen molar-refractivity contribution in [2.45, 2.75) is 66.0 Å². The van der Waals surface area contributed by atoms with Gasteiger partial charge in [0, 0.05) is 13.1 Å². The molecule has 0 radical (unpaired) electrons. The highest BCUT2D eigenvalue weighted by atomic mass is 16.5. The summed E-state index contributed by atoms with van der Waals surface area (Å²) in [5.41, 5.74) is 4.30. The van der Waals surface area contributed by atoms with E-state index >= 15 is 0 Å². The lowest BCUT2D eigenvalue weighted by Crippen LogP contribution is -2.49. The van der Waals surface area contributed by atoms with Crippen LogP contribution in [-0.2, 0) is 22.6 Å². The fraction of sp³-hybridized carbons (Fsp3) is 0.462. The Kier molecular flexibility index (Phi) is 9.57. The normalized spacial score (nSPS) is 11.6. The van der Waals surface area contributed by atoms with Crippen LogP contribution < -0.4 is 10.1 Å². The van der Waals surface area contributed by atoms with E-state index in [1.165, 1.54) is 5.56 Å². The summed E-state index contributed by atoms with van der Waals surface area (Å²) in [6, 6.07) is 13.2. The van der Waals surface area contributed by atoms with E-state index in [1.54, 1.807) is 12.0 Å². The average Bonchev–Trinajstić information content (AvgIpc) is 2.76. The highest BCUT2D eigenvalue weighted by Gasteiger charge is 2.28. The number of carbonyl (C=O) groups excluding carboxylic acids is 2. The molecule has 0 spiro atoms. The van der Waals surface area contributed by atoms with Crippen molar-refractivity contribution in [2.75, 3.05) is 13.7 Å². The van der Waals surface area contributed by atoms with Gasteiger partial charge in [-0.2, -0.15) is 0 Å². The molecule has 5 nitrogen and oxygen atoms in total. The van der Waals surface area contributed by atoms with Crippen LogP contribution in [0.2, 0.25) is 0 Å². The van der Waals surface area contributed by atoms with Crippen LogP contribution >= 0.6 is 0 Å². The number of methoxy groups -OCH3 is 1. The third kappa shape index (κ3) is 7.12. The molecule has 31 heavy (non-hydrogen) atoms. The molecule has 2 aromatic carbocycles. The lowest BCUT2D eigenvalue weighted by atomic mass is 10.0. The number of aryl methyl sites for hydroxylation is 2. The first-order valence-corrected chi connectivity index (χ1v) is 11.2. The molecular weight excluding hydrogens is 388 g/mol. The Hall–Kier alpha value is -2.82. The number of ether oxygens (including phenoxy) is 1. The number of nitrogens with zero attached hydrogens (tertiary/aromatic N) is 1. The van der Waals surface area contributed by atoms with E-state index in [4.69, 9.17) is 4.74 Å². The summed E-state index contributed by atoms with van der Waals surface area (Å²) in [6.45, 7) is 9.17. The monoisotopic (exact) mass is 424 g/mol. The quantitative estimate of drug-likeness (QED) is 0.537. The van der Waals surface area contributed by atoms with E-state index in [1.807, 2.05) is 43.3 Å². The Labute approximate surface area is 186 Å². The standard InChI is InChI=1S/C26H36N2O3/c1-6-8-15-27-26(30)24(7-2)28(18-21-11-13-23(31-5)14-12-21)25(29)17-22-10-9-19(3)20(4)16-22/h9-14,16,24H,6-8,15,17-18H2,1-5H3,(H,27,30)/t24-/m0/s1. The molecule has 168 valence electrons. The molecule has 2 aromatic rings. The van der Waals surface area contributed by atoms with E-state index in [9.17, 15) is 9.59 Å². The summed E-state index contributed by atoms with van der Waals surface area (Å²) in [5.74, 6) is 0.635. The zero-order valence-electron chi connectivity index (χ0n) is 19.5. The second-order valence-electron chi connectivity index (χ2n) is 8.03. The van der Waals surface area contributed by atoms with Crippen LogP contribution in [-0.4, -0.2) is 36.4 Å². The lowest BCUT2D eigenvalue weighted by molar-refractivity contribution is -0.140. The van der Waals surface area contributed by atoms with Gasteiger partial charge in [0.15, 0.2) is 0 Å². The molecule has 0 unspecified atom stereocenters. The highest BCUT2D eigenvalue weighted by molar-refractivity contribution is 5.88. The maximum absolute atomic E-state index is 13.4. The minimum Gasteiger partial charge on any atom is -0.497 e. The zero-order valence-corrected chi connectivity index (χ0v) is 19.5. The Bertz CT molecular complexity index is 861. The number of benzene rings is 2. The van der Waals surface area contributed by atoms with Crippen molar-refractivity contribution in [3.8, 4) is 5.75 Å². The summed E-state index contributed by atoms with van der Waals surface area (Å²) in [4.78, 5) is 28.0.